The van der Waals surface area contributed by atoms with Gasteiger partial charge in [-0.1, -0.05) is 40.2 Å². The molecule has 0 spiro atoms. The van der Waals surface area contributed by atoms with Gasteiger partial charge in [0.15, 0.2) is 0 Å². The zero-order valence-electron chi connectivity index (χ0n) is 14.5. The van der Waals surface area contributed by atoms with E-state index in [9.17, 15) is 4.79 Å². The molecular formula is C20H18BrN3O2. The topological polar surface area (TPSA) is 56.1 Å². The Kier molecular flexibility index (Phi) is 4.28. The third-order valence-electron chi connectivity index (χ3n) is 4.51. The maximum absolute atomic E-state index is 12.8. The number of hydrogen-bond acceptors (Lipinski definition) is 4. The van der Waals surface area contributed by atoms with Crippen molar-refractivity contribution >= 4 is 38.9 Å². The van der Waals surface area contributed by atoms with E-state index in [-0.39, 0.29) is 12.0 Å². The van der Waals surface area contributed by atoms with E-state index in [1.807, 2.05) is 62.4 Å². The van der Waals surface area contributed by atoms with Gasteiger partial charge in [-0.15, -0.1) is 0 Å². The Hall–Kier alpha value is -2.60. The Labute approximate surface area is 159 Å². The van der Waals surface area contributed by atoms with Crippen LogP contribution < -0.4 is 5.32 Å². The van der Waals surface area contributed by atoms with Crippen LogP contribution in [-0.2, 0) is 9.53 Å². The second kappa shape index (κ2) is 6.61. The lowest BCUT2D eigenvalue weighted by atomic mass is 9.95. The second-order valence-electron chi connectivity index (χ2n) is 6.13. The maximum Gasteiger partial charge on any atom is 0.338 e. The number of para-hydroxylation sites is 2. The van der Waals surface area contributed by atoms with Crippen molar-refractivity contribution in [3.63, 3.8) is 0 Å². The monoisotopic (exact) mass is 411 g/mol. The average molecular weight is 412 g/mol. The number of halogens is 1. The molecule has 0 saturated heterocycles. The third kappa shape index (κ3) is 2.70. The first-order chi connectivity index (χ1) is 12.6. The van der Waals surface area contributed by atoms with Crippen molar-refractivity contribution in [2.45, 2.75) is 19.9 Å². The molecule has 1 aliphatic rings. The van der Waals surface area contributed by atoms with Crippen LogP contribution >= 0.6 is 15.9 Å². The molecule has 4 rings (SSSR count). The molecule has 0 radical (unpaired) electrons. The molecule has 0 aliphatic carbocycles. The highest BCUT2D eigenvalue weighted by Gasteiger charge is 2.34. The summed E-state index contributed by atoms with van der Waals surface area (Å²) in [4.78, 5) is 17.5. The van der Waals surface area contributed by atoms with Crippen LogP contribution in [0.2, 0.25) is 0 Å². The fourth-order valence-electron chi connectivity index (χ4n) is 3.40. The minimum Gasteiger partial charge on any atom is -0.463 e. The fraction of sp³-hybridized carbons (Fsp3) is 0.200. The molecule has 0 unspecified atom stereocenters. The molecule has 3 aromatic rings. The first-order valence-corrected chi connectivity index (χ1v) is 9.26. The summed E-state index contributed by atoms with van der Waals surface area (Å²) in [5.41, 5.74) is 4.22. The highest BCUT2D eigenvalue weighted by molar-refractivity contribution is 9.10. The second-order valence-corrected chi connectivity index (χ2v) is 7.05. The molecule has 0 bridgehead atoms. The van der Waals surface area contributed by atoms with Gasteiger partial charge in [-0.05, 0) is 43.7 Å². The van der Waals surface area contributed by atoms with Crippen molar-refractivity contribution in [3.05, 3.63) is 69.8 Å². The van der Waals surface area contributed by atoms with Crippen LogP contribution in [-0.4, -0.2) is 22.1 Å². The molecule has 5 nitrogen and oxygen atoms in total. The number of ether oxygens (including phenoxy) is 1. The Morgan fingerprint density at radius 2 is 1.96 bits per heavy atom. The quantitative estimate of drug-likeness (QED) is 0.637. The summed E-state index contributed by atoms with van der Waals surface area (Å²) >= 11 is 3.48. The summed E-state index contributed by atoms with van der Waals surface area (Å²) in [6.07, 6.45) is 0. The number of aromatic nitrogens is 2. The summed E-state index contributed by atoms with van der Waals surface area (Å²) in [6, 6.07) is 15.6. The SMILES string of the molecule is CCOC(=O)C1=C(C)Nc2nc3ccccc3n2[C@H]1c1ccc(Br)cc1. The third-order valence-corrected chi connectivity index (χ3v) is 5.04. The average Bonchev–Trinajstić information content (AvgIpc) is 2.99. The number of esters is 1. The van der Waals surface area contributed by atoms with Gasteiger partial charge in [0, 0.05) is 10.2 Å². The van der Waals surface area contributed by atoms with Gasteiger partial charge >= 0.3 is 5.97 Å². The molecule has 0 amide bonds. The largest absolute Gasteiger partial charge is 0.463 e. The standard InChI is InChI=1S/C20H18BrN3O2/c1-3-26-19(25)17-12(2)22-20-23-15-6-4-5-7-16(15)24(20)18(17)13-8-10-14(21)11-9-13/h4-11,18H,3H2,1-2H3,(H,22,23)/t18-/m0/s1. The number of carbonyl (C=O) groups is 1. The summed E-state index contributed by atoms with van der Waals surface area (Å²) in [5.74, 6) is 0.415. The minimum atomic E-state index is -0.311. The molecule has 1 atom stereocenters. The van der Waals surface area contributed by atoms with Crippen LogP contribution in [0.1, 0.15) is 25.5 Å². The van der Waals surface area contributed by atoms with E-state index in [1.54, 1.807) is 0 Å². The van der Waals surface area contributed by atoms with Crippen LogP contribution in [0.4, 0.5) is 5.95 Å². The van der Waals surface area contributed by atoms with Gasteiger partial charge in [0.1, 0.15) is 0 Å². The number of rotatable bonds is 3. The van der Waals surface area contributed by atoms with Crippen LogP contribution in [0.5, 0.6) is 0 Å². The molecule has 0 fully saturated rings. The zero-order valence-corrected chi connectivity index (χ0v) is 16.1. The molecular weight excluding hydrogens is 394 g/mol. The van der Waals surface area contributed by atoms with Crippen molar-refractivity contribution in [1.29, 1.82) is 0 Å². The van der Waals surface area contributed by atoms with E-state index in [1.165, 1.54) is 0 Å². The Morgan fingerprint density at radius 3 is 2.69 bits per heavy atom. The van der Waals surface area contributed by atoms with E-state index in [0.717, 1.165) is 32.7 Å². The number of benzene rings is 2. The maximum atomic E-state index is 12.8. The molecule has 1 aromatic heterocycles. The number of anilines is 1. The molecule has 6 heteroatoms. The zero-order chi connectivity index (χ0) is 18.3. The highest BCUT2D eigenvalue weighted by Crippen LogP contribution is 2.39. The molecule has 2 heterocycles. The summed E-state index contributed by atoms with van der Waals surface area (Å²) in [6.45, 7) is 4.04. The Bertz CT molecular complexity index is 1020. The van der Waals surface area contributed by atoms with Crippen molar-refractivity contribution in [1.82, 2.24) is 9.55 Å². The number of hydrogen-bond donors (Lipinski definition) is 1. The molecule has 1 aliphatic heterocycles. The smallest absolute Gasteiger partial charge is 0.338 e. The van der Waals surface area contributed by atoms with Crippen LogP contribution in [0.3, 0.4) is 0 Å². The molecule has 26 heavy (non-hydrogen) atoms. The Balaban J connectivity index is 1.97. The number of fused-ring (bicyclic) bond motifs is 3. The lowest BCUT2D eigenvalue weighted by Gasteiger charge is -2.30. The normalized spacial score (nSPS) is 16.3. The van der Waals surface area contributed by atoms with Gasteiger partial charge in [-0.2, -0.15) is 0 Å². The van der Waals surface area contributed by atoms with Gasteiger partial charge in [0.2, 0.25) is 5.95 Å². The van der Waals surface area contributed by atoms with Crippen LogP contribution in [0.25, 0.3) is 11.0 Å². The molecule has 0 saturated carbocycles. The number of imidazole rings is 1. The first kappa shape index (κ1) is 16.8. The van der Waals surface area contributed by atoms with E-state index < -0.39 is 0 Å². The van der Waals surface area contributed by atoms with Gasteiger partial charge in [-0.3, -0.25) is 4.57 Å². The molecule has 2 aromatic carbocycles. The minimum absolute atomic E-state index is 0.300. The predicted octanol–water partition coefficient (Wildman–Crippen LogP) is 4.65. The van der Waals surface area contributed by atoms with Crippen molar-refractivity contribution < 1.29 is 9.53 Å². The first-order valence-electron chi connectivity index (χ1n) is 8.47. The number of nitrogens with zero attached hydrogens (tertiary/aromatic N) is 2. The number of nitrogens with one attached hydrogen (secondary N) is 1. The van der Waals surface area contributed by atoms with Gasteiger partial charge in [0.25, 0.3) is 0 Å². The van der Waals surface area contributed by atoms with Crippen molar-refractivity contribution in [2.24, 2.45) is 0 Å². The van der Waals surface area contributed by atoms with Gasteiger partial charge in [0.05, 0.1) is 29.3 Å². The summed E-state index contributed by atoms with van der Waals surface area (Å²) in [7, 11) is 0. The van der Waals surface area contributed by atoms with Crippen molar-refractivity contribution in [3.8, 4) is 0 Å². The lowest BCUT2D eigenvalue weighted by Crippen LogP contribution is -2.28. The number of carbonyl (C=O) groups excluding carboxylic acids is 1. The predicted molar refractivity (Wildman–Crippen MR) is 105 cm³/mol. The highest BCUT2D eigenvalue weighted by atomic mass is 79.9. The van der Waals surface area contributed by atoms with E-state index in [4.69, 9.17) is 9.72 Å². The van der Waals surface area contributed by atoms with Gasteiger partial charge < -0.3 is 10.1 Å². The molecule has 132 valence electrons. The van der Waals surface area contributed by atoms with E-state index in [0.29, 0.717) is 12.2 Å². The Morgan fingerprint density at radius 1 is 1.23 bits per heavy atom. The van der Waals surface area contributed by atoms with Crippen LogP contribution in [0.15, 0.2) is 64.3 Å². The van der Waals surface area contributed by atoms with Crippen LogP contribution in [0, 0.1) is 0 Å². The van der Waals surface area contributed by atoms with E-state index in [2.05, 4.69) is 25.8 Å². The van der Waals surface area contributed by atoms with Crippen molar-refractivity contribution in [2.75, 3.05) is 11.9 Å². The van der Waals surface area contributed by atoms with E-state index >= 15 is 0 Å². The van der Waals surface area contributed by atoms with Gasteiger partial charge in [-0.25, -0.2) is 9.78 Å². The number of allylic oxidation sites excluding steroid dienone is 1. The fourth-order valence-corrected chi connectivity index (χ4v) is 3.66. The molecule has 1 N–H and O–H groups in total. The summed E-state index contributed by atoms with van der Waals surface area (Å²) < 4.78 is 8.41. The summed E-state index contributed by atoms with van der Waals surface area (Å²) in [5, 5.41) is 3.27. The lowest BCUT2D eigenvalue weighted by molar-refractivity contribution is -0.139.